The lowest BCUT2D eigenvalue weighted by molar-refractivity contribution is 0.481. The molecule has 5 nitrogen and oxygen atoms in total. The second-order valence-electron chi connectivity index (χ2n) is 4.42. The number of aromatic amines is 1. The summed E-state index contributed by atoms with van der Waals surface area (Å²) in [5, 5.41) is 10.7. The molecule has 0 unspecified atom stereocenters. The van der Waals surface area contributed by atoms with Gasteiger partial charge < -0.3 is 15.8 Å². The third-order valence-electron chi connectivity index (χ3n) is 3.22. The molecule has 3 aromatic rings. The van der Waals surface area contributed by atoms with Crippen molar-refractivity contribution in [2.45, 2.75) is 13.5 Å². The van der Waals surface area contributed by atoms with Crippen LogP contribution in [0, 0.1) is 6.92 Å². The average Bonchev–Trinajstić information content (AvgIpc) is 2.78. The number of phenols is 1. The molecule has 0 aliphatic carbocycles. The highest BCUT2D eigenvalue weighted by molar-refractivity contribution is 5.94. The number of rotatable bonds is 2. The lowest BCUT2D eigenvalue weighted by Crippen LogP contribution is -2.00. The Labute approximate surface area is 110 Å². The number of aryl methyl sites for hydroxylation is 1. The Morgan fingerprint density at radius 1 is 1.26 bits per heavy atom. The molecule has 0 bridgehead atoms. The van der Waals surface area contributed by atoms with Crippen molar-refractivity contribution in [1.82, 2.24) is 15.0 Å². The van der Waals surface area contributed by atoms with Gasteiger partial charge in [0.15, 0.2) is 0 Å². The van der Waals surface area contributed by atoms with Crippen molar-refractivity contribution in [3.63, 3.8) is 0 Å². The Hall–Kier alpha value is -2.40. The number of phenolic OH excluding ortho intramolecular Hbond substituents is 1. The molecule has 2 aromatic heterocycles. The van der Waals surface area contributed by atoms with Crippen LogP contribution in [0.1, 0.15) is 11.3 Å². The highest BCUT2D eigenvalue weighted by Gasteiger charge is 2.13. The Morgan fingerprint density at radius 3 is 2.74 bits per heavy atom. The quantitative estimate of drug-likeness (QED) is 0.653. The van der Waals surface area contributed by atoms with Gasteiger partial charge in [0, 0.05) is 17.4 Å². The molecule has 0 aliphatic rings. The van der Waals surface area contributed by atoms with Crippen molar-refractivity contribution in [2.24, 2.45) is 5.73 Å². The molecular formula is C14H14N4O. The zero-order chi connectivity index (χ0) is 13.4. The molecule has 2 heterocycles. The van der Waals surface area contributed by atoms with E-state index in [0.717, 1.165) is 33.5 Å². The summed E-state index contributed by atoms with van der Waals surface area (Å²) in [6.45, 7) is 2.33. The first-order valence-electron chi connectivity index (χ1n) is 6.02. The maximum atomic E-state index is 9.92. The lowest BCUT2D eigenvalue weighted by Gasteiger charge is -2.00. The predicted octanol–water partition coefficient (Wildman–Crippen LogP) is 2.10. The van der Waals surface area contributed by atoms with Crippen molar-refractivity contribution in [3.05, 3.63) is 41.9 Å². The molecule has 0 saturated carbocycles. The summed E-state index contributed by atoms with van der Waals surface area (Å²) in [5.74, 6) is 0.268. The molecule has 0 aliphatic heterocycles. The lowest BCUT2D eigenvalue weighted by atomic mass is 10.1. The van der Waals surface area contributed by atoms with Gasteiger partial charge in [-0.15, -0.1) is 0 Å². The maximum absolute atomic E-state index is 9.92. The summed E-state index contributed by atoms with van der Waals surface area (Å²) in [5.41, 5.74) is 9.71. The van der Waals surface area contributed by atoms with E-state index >= 15 is 0 Å². The summed E-state index contributed by atoms with van der Waals surface area (Å²) >= 11 is 0. The molecule has 0 fully saturated rings. The number of nitrogens with one attached hydrogen (secondary N) is 1. The van der Waals surface area contributed by atoms with Crippen molar-refractivity contribution < 1.29 is 5.11 Å². The Morgan fingerprint density at radius 2 is 2.11 bits per heavy atom. The van der Waals surface area contributed by atoms with Gasteiger partial charge in [0.05, 0.1) is 23.8 Å². The number of H-pyrrole nitrogens is 1. The second-order valence-corrected chi connectivity index (χ2v) is 4.42. The zero-order valence-corrected chi connectivity index (χ0v) is 10.5. The minimum Gasteiger partial charge on any atom is -0.507 e. The largest absolute Gasteiger partial charge is 0.507 e. The molecule has 0 saturated heterocycles. The molecule has 0 spiro atoms. The van der Waals surface area contributed by atoms with E-state index in [0.29, 0.717) is 6.54 Å². The molecular weight excluding hydrogens is 240 g/mol. The Bertz CT molecular complexity index is 731. The molecule has 0 atom stereocenters. The van der Waals surface area contributed by atoms with E-state index in [1.54, 1.807) is 24.5 Å². The van der Waals surface area contributed by atoms with E-state index in [-0.39, 0.29) is 5.75 Å². The van der Waals surface area contributed by atoms with Crippen LogP contribution < -0.4 is 5.73 Å². The van der Waals surface area contributed by atoms with Crippen LogP contribution in [-0.2, 0) is 6.54 Å². The number of fused-ring (bicyclic) bond motifs is 1. The number of aromatic nitrogens is 3. The van der Waals surface area contributed by atoms with Gasteiger partial charge in [0.25, 0.3) is 0 Å². The summed E-state index contributed by atoms with van der Waals surface area (Å²) in [7, 11) is 0. The van der Waals surface area contributed by atoms with Crippen LogP contribution in [0.3, 0.4) is 0 Å². The van der Waals surface area contributed by atoms with E-state index in [4.69, 9.17) is 5.73 Å². The molecule has 19 heavy (non-hydrogen) atoms. The first-order valence-corrected chi connectivity index (χ1v) is 6.02. The highest BCUT2D eigenvalue weighted by atomic mass is 16.3. The Balaban J connectivity index is 2.19. The Kier molecular flexibility index (Phi) is 2.68. The molecule has 0 amide bonds. The van der Waals surface area contributed by atoms with Crippen LogP contribution in [0.25, 0.3) is 22.3 Å². The van der Waals surface area contributed by atoms with Gasteiger partial charge in [-0.1, -0.05) is 6.07 Å². The third-order valence-corrected chi connectivity index (χ3v) is 3.22. The fraction of sp³-hybridized carbons (Fsp3) is 0.143. The molecule has 1 aromatic carbocycles. The predicted molar refractivity (Wildman–Crippen MR) is 73.6 cm³/mol. The highest BCUT2D eigenvalue weighted by Crippen LogP contribution is 2.33. The average molecular weight is 254 g/mol. The smallest absolute Gasteiger partial charge is 0.125 e. The van der Waals surface area contributed by atoms with Crippen LogP contribution in [0.4, 0.5) is 0 Å². The van der Waals surface area contributed by atoms with Crippen LogP contribution in [0.2, 0.25) is 0 Å². The van der Waals surface area contributed by atoms with Gasteiger partial charge in [0.2, 0.25) is 0 Å². The standard InChI is InChI=1S/C14H14N4O/c1-8-13-10(3-2-4-12(13)19)18-14(8)11-7-16-9(5-15)6-17-11/h2-4,6-7,18-19H,5,15H2,1H3. The molecule has 96 valence electrons. The van der Waals surface area contributed by atoms with Crippen molar-refractivity contribution >= 4 is 10.9 Å². The van der Waals surface area contributed by atoms with E-state index in [1.807, 2.05) is 13.0 Å². The van der Waals surface area contributed by atoms with Crippen LogP contribution in [0.15, 0.2) is 30.6 Å². The maximum Gasteiger partial charge on any atom is 0.125 e. The third kappa shape index (κ3) is 1.84. The fourth-order valence-corrected chi connectivity index (χ4v) is 2.24. The number of nitrogens with zero attached hydrogens (tertiary/aromatic N) is 2. The minimum atomic E-state index is 0.268. The van der Waals surface area contributed by atoms with Crippen LogP contribution >= 0.6 is 0 Å². The van der Waals surface area contributed by atoms with E-state index < -0.39 is 0 Å². The van der Waals surface area contributed by atoms with Gasteiger partial charge in [-0.25, -0.2) is 0 Å². The topological polar surface area (TPSA) is 87.8 Å². The number of nitrogens with two attached hydrogens (primary N) is 1. The first kappa shape index (κ1) is 11.7. The summed E-state index contributed by atoms with van der Waals surface area (Å²) < 4.78 is 0. The summed E-state index contributed by atoms with van der Waals surface area (Å²) in [6.07, 6.45) is 3.36. The number of hydrogen-bond donors (Lipinski definition) is 3. The van der Waals surface area contributed by atoms with Gasteiger partial charge in [-0.2, -0.15) is 0 Å². The molecule has 5 heteroatoms. The van der Waals surface area contributed by atoms with Crippen LogP contribution in [0.5, 0.6) is 5.75 Å². The van der Waals surface area contributed by atoms with Gasteiger partial charge in [-0.3, -0.25) is 9.97 Å². The molecule has 4 N–H and O–H groups in total. The zero-order valence-electron chi connectivity index (χ0n) is 10.5. The fourth-order valence-electron chi connectivity index (χ4n) is 2.24. The minimum absolute atomic E-state index is 0.268. The van der Waals surface area contributed by atoms with E-state index in [1.165, 1.54) is 0 Å². The van der Waals surface area contributed by atoms with E-state index in [9.17, 15) is 5.11 Å². The van der Waals surface area contributed by atoms with Gasteiger partial charge in [-0.05, 0) is 24.6 Å². The number of aromatic hydroxyl groups is 1. The van der Waals surface area contributed by atoms with Gasteiger partial charge >= 0.3 is 0 Å². The summed E-state index contributed by atoms with van der Waals surface area (Å²) in [6, 6.07) is 5.41. The first-order chi connectivity index (χ1) is 9.20. The van der Waals surface area contributed by atoms with Crippen molar-refractivity contribution in [2.75, 3.05) is 0 Å². The molecule has 0 radical (unpaired) electrons. The number of benzene rings is 1. The second kappa shape index (κ2) is 4.37. The van der Waals surface area contributed by atoms with Crippen LogP contribution in [-0.4, -0.2) is 20.1 Å². The monoisotopic (exact) mass is 254 g/mol. The normalized spacial score (nSPS) is 11.1. The van der Waals surface area contributed by atoms with Crippen molar-refractivity contribution in [3.8, 4) is 17.1 Å². The molecule has 3 rings (SSSR count). The SMILES string of the molecule is Cc1c(-c2cnc(CN)cn2)[nH]c2cccc(O)c12. The van der Waals surface area contributed by atoms with E-state index in [2.05, 4.69) is 15.0 Å². The number of hydrogen-bond acceptors (Lipinski definition) is 4. The van der Waals surface area contributed by atoms with Gasteiger partial charge in [0.1, 0.15) is 11.4 Å². The van der Waals surface area contributed by atoms with Crippen molar-refractivity contribution in [1.29, 1.82) is 0 Å². The summed E-state index contributed by atoms with van der Waals surface area (Å²) in [4.78, 5) is 11.9.